The van der Waals surface area contributed by atoms with E-state index >= 15 is 0 Å². The van der Waals surface area contributed by atoms with Crippen LogP contribution in [0, 0.1) is 24.2 Å². The minimum atomic E-state index is -0.834. The molecule has 0 radical (unpaired) electrons. The number of likely N-dealkylation sites (tertiary alicyclic amines) is 1. The smallest absolute Gasteiger partial charge is 0.415 e. The maximum atomic E-state index is 14.8. The summed E-state index contributed by atoms with van der Waals surface area (Å²) >= 11 is 6.71. The number of anilines is 3. The third-order valence-electron chi connectivity index (χ3n) is 19.0. The van der Waals surface area contributed by atoms with Crippen molar-refractivity contribution in [3.8, 4) is 17.2 Å². The number of aromatic hydroxyl groups is 1. The summed E-state index contributed by atoms with van der Waals surface area (Å²) in [5.74, 6) is -2.48. The van der Waals surface area contributed by atoms with E-state index in [0.717, 1.165) is 16.5 Å². The Morgan fingerprint density at radius 2 is 1.28 bits per heavy atom. The number of imide groups is 1. The average molecular weight is 1540 g/mol. The number of hydrogen-bond acceptors (Lipinski definition) is 20. The molecule has 4 heterocycles. The van der Waals surface area contributed by atoms with Gasteiger partial charge in [-0.3, -0.25) is 38.6 Å². The number of nitrogens with one attached hydrogen (secondary N) is 3. The maximum absolute atomic E-state index is 14.8. The number of nitrogens with zero attached hydrogens (tertiary/aromatic N) is 9. The molecule has 2 aliphatic rings. The van der Waals surface area contributed by atoms with Gasteiger partial charge in [0.1, 0.15) is 47.8 Å². The van der Waals surface area contributed by atoms with Gasteiger partial charge in [0.2, 0.25) is 23.6 Å². The lowest BCUT2D eigenvalue weighted by atomic mass is 9.80. The highest BCUT2D eigenvalue weighted by atomic mass is 35.5. The van der Waals surface area contributed by atoms with Crippen LogP contribution in [0.1, 0.15) is 97.0 Å². The van der Waals surface area contributed by atoms with E-state index in [-0.39, 0.29) is 163 Å². The lowest BCUT2D eigenvalue weighted by molar-refractivity contribution is -0.141. The number of phenols is 1. The van der Waals surface area contributed by atoms with Gasteiger partial charge in [0.25, 0.3) is 11.8 Å². The Balaban J connectivity index is 0.811. The number of aromatic nitrogens is 2. The molecule has 30 nitrogen and oxygen atoms in total. The number of carbonyl (C=O) groups excluding carboxylic acids is 10. The lowest BCUT2D eigenvalue weighted by Crippen LogP contribution is -2.51. The van der Waals surface area contributed by atoms with Crippen LogP contribution in [0.25, 0.3) is 16.4 Å². The van der Waals surface area contributed by atoms with Crippen molar-refractivity contribution in [2.75, 3.05) is 135 Å². The quantitative estimate of drug-likeness (QED) is 0.0145. The van der Waals surface area contributed by atoms with Gasteiger partial charge in [0.15, 0.2) is 0 Å². The average Bonchev–Trinajstić information content (AvgIpc) is 1.56. The summed E-state index contributed by atoms with van der Waals surface area (Å²) in [6.07, 6.45) is 0.234. The fourth-order valence-electron chi connectivity index (χ4n) is 12.8. The fraction of sp³-hybridized carbons (Fsp3) is 0.430. The molecule has 0 spiro atoms. The van der Waals surface area contributed by atoms with Crippen LogP contribution in [0.3, 0.4) is 0 Å². The molecule has 2 aliphatic heterocycles. The molecular weight excluding hydrogens is 1440 g/mol. The predicted octanol–water partition coefficient (Wildman–Crippen LogP) is 9.35. The summed E-state index contributed by atoms with van der Waals surface area (Å²) < 4.78 is 36.3. The number of phenolic OH excluding ortho intramolecular Hbond substituents is 1. The van der Waals surface area contributed by atoms with Gasteiger partial charge < -0.3 is 83.5 Å². The summed E-state index contributed by atoms with van der Waals surface area (Å²) in [5, 5.41) is 28.7. The third kappa shape index (κ3) is 21.5. The zero-order valence-electron chi connectivity index (χ0n) is 63.8. The van der Waals surface area contributed by atoms with Crippen LogP contribution in [0.15, 0.2) is 122 Å². The molecule has 0 saturated carbocycles. The van der Waals surface area contributed by atoms with Crippen molar-refractivity contribution >= 4 is 105 Å². The molecule has 110 heavy (non-hydrogen) atoms. The summed E-state index contributed by atoms with van der Waals surface area (Å²) in [6.45, 7) is 12.5. The van der Waals surface area contributed by atoms with E-state index in [1.54, 1.807) is 102 Å². The molecule has 9 rings (SSSR count). The first-order valence-corrected chi connectivity index (χ1v) is 36.7. The SMILES string of the molecule is Cc1cccc2c(OC(=O)N(CCOCCN3C(=O)CC(C(C)(C)C)C3=O)CCN(C)C(=O)OCc3ccc(OC(=O)N(CCOCCO)CCN(C)C(=O)OCc4ccc(NC(=O)[C@H](C)NC(=O)[C@H](C(C)C)N(C)C)cc4)cc3)cc3c(c12)[C@H](CCl)CN3C(=O)c1cn2cc(NC(=O)c3ccc(O)cc3)ccc2n1. The summed E-state index contributed by atoms with van der Waals surface area (Å²) in [6, 6.07) is 27.9. The standard InChI is InChI=1S/C79H97ClN12O18/c1-49(2)69(85(8)9)72(98)81-51(4)70(96)82-56-21-15-52(16-22-56)47-107-75(101)86(10)29-31-88(34-38-106-40-36-93)77(103)109-59-26-17-53(18-27-59)48-108-76(102)87(11)30-32-89(33-37-105-39-35-91-66(95)41-61(73(91)99)79(5,6)7)78(104)110-64-42-63-68(67-50(3)13-12-14-60(64)67)55(43-80)44-92(63)74(100)62-46-90-45-57(23-28-65(90)84-62)83-71(97)54-19-24-58(94)25-20-54/h12-28,42,45-46,49,51,55,61,69,93-94H,29-41,43-44,47-48H2,1-11H3,(H,81,98)(H,82,96)(H,83,97)/t51-,55+,61?,69-/m0/s1. The van der Waals surface area contributed by atoms with Crippen LogP contribution in [-0.4, -0.2) is 240 Å². The first-order chi connectivity index (χ1) is 52.4. The molecule has 31 heteroatoms. The van der Waals surface area contributed by atoms with Crippen molar-refractivity contribution in [2.45, 2.75) is 86.1 Å². The van der Waals surface area contributed by atoms with Gasteiger partial charge >= 0.3 is 24.4 Å². The number of imidazole rings is 1. The molecule has 5 aromatic carbocycles. The van der Waals surface area contributed by atoms with E-state index < -0.39 is 65.5 Å². The predicted molar refractivity (Wildman–Crippen MR) is 410 cm³/mol. The summed E-state index contributed by atoms with van der Waals surface area (Å²) in [4.78, 5) is 150. The highest BCUT2D eigenvalue weighted by molar-refractivity contribution is 6.19. The fourth-order valence-corrected chi connectivity index (χ4v) is 13.1. The first kappa shape index (κ1) is 83.1. The van der Waals surface area contributed by atoms with Gasteiger partial charge in [-0.2, -0.15) is 0 Å². The minimum Gasteiger partial charge on any atom is -0.508 e. The molecule has 588 valence electrons. The van der Waals surface area contributed by atoms with Gasteiger partial charge in [-0.25, -0.2) is 24.2 Å². The molecule has 0 aliphatic carbocycles. The van der Waals surface area contributed by atoms with Gasteiger partial charge in [-0.1, -0.05) is 77.1 Å². The second kappa shape index (κ2) is 37.9. The Labute approximate surface area is 643 Å². The molecule has 0 bridgehead atoms. The van der Waals surface area contributed by atoms with Crippen molar-refractivity contribution in [3.63, 3.8) is 0 Å². The zero-order valence-corrected chi connectivity index (χ0v) is 64.5. The molecule has 1 saturated heterocycles. The van der Waals surface area contributed by atoms with Crippen molar-refractivity contribution < 1.29 is 86.6 Å². The van der Waals surface area contributed by atoms with Crippen molar-refractivity contribution in [1.29, 1.82) is 0 Å². The number of ether oxygens (including phenoxy) is 6. The van der Waals surface area contributed by atoms with E-state index in [9.17, 15) is 58.2 Å². The molecule has 7 aromatic rings. The topological polar surface area (TPSA) is 343 Å². The molecule has 10 amide bonds. The zero-order chi connectivity index (χ0) is 79.7. The minimum absolute atomic E-state index is 0.00136. The number of benzene rings is 5. The van der Waals surface area contributed by atoms with Gasteiger partial charge in [0.05, 0.1) is 62.9 Å². The molecular formula is C79H97ClN12O18. The van der Waals surface area contributed by atoms with Crippen molar-refractivity contribution in [2.24, 2.45) is 17.3 Å². The molecule has 2 aromatic heterocycles. The number of alkyl halides is 1. The number of aliphatic hydroxyl groups is 1. The van der Waals surface area contributed by atoms with E-state index in [0.29, 0.717) is 44.8 Å². The van der Waals surface area contributed by atoms with Crippen LogP contribution in [-0.2, 0) is 51.3 Å². The molecule has 1 fully saturated rings. The summed E-state index contributed by atoms with van der Waals surface area (Å²) in [7, 11) is 6.60. The highest BCUT2D eigenvalue weighted by Crippen LogP contribution is 2.47. The molecule has 5 N–H and O–H groups in total. The Bertz CT molecular complexity index is 4450. The van der Waals surface area contributed by atoms with E-state index in [1.807, 2.05) is 59.7 Å². The first-order valence-electron chi connectivity index (χ1n) is 36.2. The number of likely N-dealkylation sites (N-methyl/N-ethyl adjacent to an activating group) is 3. The third-order valence-corrected chi connectivity index (χ3v) is 19.3. The van der Waals surface area contributed by atoms with Crippen LogP contribution in [0.5, 0.6) is 17.2 Å². The Morgan fingerprint density at radius 3 is 1.86 bits per heavy atom. The van der Waals surface area contributed by atoms with Crippen LogP contribution >= 0.6 is 11.6 Å². The monoisotopic (exact) mass is 1540 g/mol. The van der Waals surface area contributed by atoms with Gasteiger partial charge in [-0.05, 0) is 128 Å². The van der Waals surface area contributed by atoms with E-state index in [2.05, 4.69) is 20.9 Å². The molecule has 4 atom stereocenters. The van der Waals surface area contributed by atoms with E-state index in [1.165, 1.54) is 75.0 Å². The lowest BCUT2D eigenvalue weighted by Gasteiger charge is -2.28. The normalized spacial score (nSPS) is 14.6. The summed E-state index contributed by atoms with van der Waals surface area (Å²) in [5.41, 5.74) is 4.49. The number of fused-ring (bicyclic) bond motifs is 4. The van der Waals surface area contributed by atoms with Gasteiger partial charge in [-0.15, -0.1) is 11.6 Å². The number of aryl methyl sites for hydroxylation is 1. The largest absolute Gasteiger partial charge is 0.508 e. The Morgan fingerprint density at radius 1 is 0.682 bits per heavy atom. The second-order valence-electron chi connectivity index (χ2n) is 28.7. The number of aliphatic hydroxyl groups excluding tert-OH is 1. The number of amides is 10. The number of rotatable bonds is 33. The van der Waals surface area contributed by atoms with Crippen molar-refractivity contribution in [1.82, 2.24) is 44.1 Å². The Hall–Kier alpha value is -10.9. The molecule has 1 unspecified atom stereocenters. The number of hydrogen-bond donors (Lipinski definition) is 5. The number of carbonyl (C=O) groups is 10. The number of halogens is 1. The van der Waals surface area contributed by atoms with Gasteiger partial charge in [0, 0.05) is 113 Å². The second-order valence-corrected chi connectivity index (χ2v) is 29.0. The Kier molecular flexibility index (Phi) is 28.7. The van der Waals surface area contributed by atoms with Crippen LogP contribution < -0.4 is 30.3 Å². The maximum Gasteiger partial charge on any atom is 0.415 e. The van der Waals surface area contributed by atoms with Crippen LogP contribution in [0.2, 0.25) is 0 Å². The number of pyridine rings is 1. The van der Waals surface area contributed by atoms with Crippen molar-refractivity contribution in [3.05, 3.63) is 155 Å². The van der Waals surface area contributed by atoms with E-state index in [4.69, 9.17) is 40.0 Å². The van der Waals surface area contributed by atoms with Crippen LogP contribution in [0.4, 0.5) is 36.2 Å². The highest BCUT2D eigenvalue weighted by Gasteiger charge is 2.44.